The summed E-state index contributed by atoms with van der Waals surface area (Å²) in [6.45, 7) is 0.921. The van der Waals surface area contributed by atoms with Gasteiger partial charge >= 0.3 is 0 Å². The van der Waals surface area contributed by atoms with Crippen LogP contribution in [0.5, 0.6) is 0 Å². The summed E-state index contributed by atoms with van der Waals surface area (Å²) in [5, 5.41) is 3.05. The van der Waals surface area contributed by atoms with E-state index in [1.54, 1.807) is 36.5 Å². The van der Waals surface area contributed by atoms with Crippen LogP contribution in [-0.4, -0.2) is 65.1 Å². The lowest BCUT2D eigenvalue weighted by molar-refractivity contribution is 0.412. The molecule has 2 N–H and O–H groups in total. The highest BCUT2D eigenvalue weighted by molar-refractivity contribution is 7.90. The van der Waals surface area contributed by atoms with Crippen LogP contribution in [0.2, 0.25) is 0 Å². The summed E-state index contributed by atoms with van der Waals surface area (Å²) in [5.74, 6) is 0.328. The van der Waals surface area contributed by atoms with Gasteiger partial charge in [0.05, 0.1) is 15.5 Å². The van der Waals surface area contributed by atoms with Crippen LogP contribution >= 0.6 is 0 Å². The quantitative estimate of drug-likeness (QED) is 0.483. The smallest absolute Gasteiger partial charge is 0.240 e. The zero-order chi connectivity index (χ0) is 23.4. The molecule has 0 atom stereocenters. The van der Waals surface area contributed by atoms with Gasteiger partial charge < -0.3 is 10.2 Å². The molecule has 3 rings (SSSR count). The number of hydrogen-bond acceptors (Lipinski definition) is 8. The first-order valence-electron chi connectivity index (χ1n) is 9.70. The zero-order valence-corrected chi connectivity index (χ0v) is 19.6. The van der Waals surface area contributed by atoms with Gasteiger partial charge in [0.2, 0.25) is 16.0 Å². The van der Waals surface area contributed by atoms with E-state index in [1.165, 1.54) is 24.3 Å². The summed E-state index contributed by atoms with van der Waals surface area (Å²) < 4.78 is 50.5. The van der Waals surface area contributed by atoms with E-state index in [2.05, 4.69) is 20.0 Å². The number of sulfonamides is 1. The molecule has 0 fully saturated rings. The molecule has 1 heterocycles. The monoisotopic (exact) mass is 475 g/mol. The minimum absolute atomic E-state index is 0.169. The normalized spacial score (nSPS) is 12.1. The van der Waals surface area contributed by atoms with Crippen LogP contribution in [0.15, 0.2) is 70.6 Å². The Morgan fingerprint density at radius 1 is 0.875 bits per heavy atom. The van der Waals surface area contributed by atoms with Gasteiger partial charge in [0.1, 0.15) is 0 Å². The highest BCUT2D eigenvalue weighted by Crippen LogP contribution is 2.22. The van der Waals surface area contributed by atoms with Crippen molar-refractivity contribution >= 4 is 31.5 Å². The van der Waals surface area contributed by atoms with Crippen molar-refractivity contribution in [3.05, 3.63) is 60.8 Å². The Morgan fingerprint density at radius 2 is 1.50 bits per heavy atom. The summed E-state index contributed by atoms with van der Waals surface area (Å²) in [4.78, 5) is 10.9. The largest absolute Gasteiger partial charge is 0.324 e. The Bertz CT molecular complexity index is 1270. The van der Waals surface area contributed by atoms with Gasteiger partial charge in [0.15, 0.2) is 9.84 Å². The predicted octanol–water partition coefficient (Wildman–Crippen LogP) is 2.13. The van der Waals surface area contributed by atoms with Crippen molar-refractivity contribution in [2.24, 2.45) is 0 Å². The number of rotatable bonds is 9. The van der Waals surface area contributed by atoms with Crippen molar-refractivity contribution in [1.29, 1.82) is 0 Å². The van der Waals surface area contributed by atoms with Gasteiger partial charge in [-0.2, -0.15) is 0 Å². The van der Waals surface area contributed by atoms with Crippen LogP contribution < -0.4 is 10.0 Å². The number of benzene rings is 2. The third-order valence-corrected chi connectivity index (χ3v) is 7.11. The fourth-order valence-corrected chi connectivity index (χ4v) is 4.44. The third-order valence-electron chi connectivity index (χ3n) is 4.51. The molecule has 1 aromatic heterocycles. The molecule has 0 aliphatic heterocycles. The van der Waals surface area contributed by atoms with Crippen molar-refractivity contribution in [3.63, 3.8) is 0 Å². The van der Waals surface area contributed by atoms with Crippen molar-refractivity contribution in [2.45, 2.75) is 9.79 Å². The van der Waals surface area contributed by atoms with Crippen LogP contribution in [0.1, 0.15) is 0 Å². The maximum Gasteiger partial charge on any atom is 0.240 e. The standard InChI is InChI=1S/C21H25N5O4S2/c1-26(2)15-14-23-32(29,30)19-10-6-17(7-11-19)24-21-22-13-12-20(25-21)16-4-8-18(9-5-16)31(3,27)28/h4-13,23H,14-15H2,1-3H3,(H,22,24,25). The number of sulfone groups is 1. The number of nitrogens with one attached hydrogen (secondary N) is 2. The van der Waals surface area contributed by atoms with E-state index in [4.69, 9.17) is 0 Å². The van der Waals surface area contributed by atoms with Crippen LogP contribution in [0.4, 0.5) is 11.6 Å². The van der Waals surface area contributed by atoms with Gasteiger partial charge in [0.25, 0.3) is 0 Å². The van der Waals surface area contributed by atoms with Crippen molar-refractivity contribution < 1.29 is 16.8 Å². The second kappa shape index (κ2) is 9.74. The Hall–Kier alpha value is -2.86. The lowest BCUT2D eigenvalue weighted by Gasteiger charge is -2.11. The van der Waals surface area contributed by atoms with E-state index in [9.17, 15) is 16.8 Å². The van der Waals surface area contributed by atoms with Crippen LogP contribution in [0, 0.1) is 0 Å². The molecule has 0 radical (unpaired) electrons. The Labute approximate surface area is 188 Å². The maximum atomic E-state index is 12.4. The fraction of sp³-hybridized carbons (Fsp3) is 0.238. The molecule has 3 aromatic rings. The van der Waals surface area contributed by atoms with Gasteiger partial charge in [-0.05, 0) is 56.6 Å². The lowest BCUT2D eigenvalue weighted by atomic mass is 10.1. The first-order chi connectivity index (χ1) is 15.0. The molecule has 0 amide bonds. The summed E-state index contributed by atoms with van der Waals surface area (Å²) >= 11 is 0. The highest BCUT2D eigenvalue weighted by Gasteiger charge is 2.13. The molecule has 2 aromatic carbocycles. The van der Waals surface area contributed by atoms with Crippen LogP contribution in [-0.2, 0) is 19.9 Å². The molecule has 9 nitrogen and oxygen atoms in total. The van der Waals surface area contributed by atoms with E-state index in [1.807, 2.05) is 19.0 Å². The minimum Gasteiger partial charge on any atom is -0.324 e. The molecule has 0 spiro atoms. The summed E-state index contributed by atoms with van der Waals surface area (Å²) in [6.07, 6.45) is 2.74. The number of aromatic nitrogens is 2. The number of likely N-dealkylation sites (N-methyl/N-ethyl adjacent to an activating group) is 1. The minimum atomic E-state index is -3.58. The van der Waals surface area contributed by atoms with E-state index in [-0.39, 0.29) is 9.79 Å². The molecule has 0 bridgehead atoms. The topological polar surface area (TPSA) is 121 Å². The van der Waals surface area contributed by atoms with E-state index >= 15 is 0 Å². The summed E-state index contributed by atoms with van der Waals surface area (Å²) in [6, 6.07) is 14.4. The highest BCUT2D eigenvalue weighted by atomic mass is 32.2. The van der Waals surface area contributed by atoms with Gasteiger partial charge in [-0.25, -0.2) is 31.5 Å². The molecular formula is C21H25N5O4S2. The average Bonchev–Trinajstić information content (AvgIpc) is 2.73. The van der Waals surface area contributed by atoms with Crippen LogP contribution in [0.3, 0.4) is 0 Å². The van der Waals surface area contributed by atoms with Gasteiger partial charge in [-0.15, -0.1) is 0 Å². The van der Waals surface area contributed by atoms with E-state index < -0.39 is 19.9 Å². The second-order valence-electron chi connectivity index (χ2n) is 7.41. The zero-order valence-electron chi connectivity index (χ0n) is 18.0. The first kappa shape index (κ1) is 23.8. The number of nitrogens with zero attached hydrogens (tertiary/aromatic N) is 3. The molecule has 0 aliphatic rings. The predicted molar refractivity (Wildman–Crippen MR) is 124 cm³/mol. The molecule has 0 saturated heterocycles. The summed E-state index contributed by atoms with van der Waals surface area (Å²) in [5.41, 5.74) is 1.99. The lowest BCUT2D eigenvalue weighted by Crippen LogP contribution is -2.31. The van der Waals surface area contributed by atoms with E-state index in [0.717, 1.165) is 11.8 Å². The Kier molecular flexibility index (Phi) is 7.24. The average molecular weight is 476 g/mol. The Morgan fingerprint density at radius 3 is 2.09 bits per heavy atom. The van der Waals surface area contributed by atoms with Gasteiger partial charge in [0, 0.05) is 36.8 Å². The fourth-order valence-electron chi connectivity index (χ4n) is 2.79. The van der Waals surface area contributed by atoms with E-state index in [0.29, 0.717) is 30.4 Å². The number of hydrogen-bond donors (Lipinski definition) is 2. The van der Waals surface area contributed by atoms with Gasteiger partial charge in [-0.1, -0.05) is 12.1 Å². The van der Waals surface area contributed by atoms with Crippen molar-refractivity contribution in [2.75, 3.05) is 38.8 Å². The molecule has 0 saturated carbocycles. The molecule has 11 heteroatoms. The molecule has 0 unspecified atom stereocenters. The maximum absolute atomic E-state index is 12.4. The van der Waals surface area contributed by atoms with Gasteiger partial charge in [-0.3, -0.25) is 0 Å². The van der Waals surface area contributed by atoms with Crippen molar-refractivity contribution in [3.8, 4) is 11.3 Å². The van der Waals surface area contributed by atoms with Crippen LogP contribution in [0.25, 0.3) is 11.3 Å². The number of anilines is 2. The molecular weight excluding hydrogens is 450 g/mol. The second-order valence-corrected chi connectivity index (χ2v) is 11.2. The van der Waals surface area contributed by atoms with Crippen molar-refractivity contribution in [1.82, 2.24) is 19.6 Å². The third kappa shape index (κ3) is 6.33. The molecule has 0 aliphatic carbocycles. The Balaban J connectivity index is 1.72. The molecule has 170 valence electrons. The molecule has 32 heavy (non-hydrogen) atoms. The SMILES string of the molecule is CN(C)CCNS(=O)(=O)c1ccc(Nc2nccc(-c3ccc(S(C)(=O)=O)cc3)n2)cc1. The first-order valence-corrected chi connectivity index (χ1v) is 13.1. The summed E-state index contributed by atoms with van der Waals surface area (Å²) in [7, 11) is -3.11.